The predicted octanol–water partition coefficient (Wildman–Crippen LogP) is 2.64. The van der Waals surface area contributed by atoms with Crippen LogP contribution in [0.3, 0.4) is 0 Å². The summed E-state index contributed by atoms with van der Waals surface area (Å²) in [6.45, 7) is 6.07. The first-order chi connectivity index (χ1) is 5.97. The van der Waals surface area contributed by atoms with Gasteiger partial charge in [-0.1, -0.05) is 19.9 Å². The van der Waals surface area contributed by atoms with E-state index in [9.17, 15) is 4.79 Å². The number of methoxy groups -OCH3 is 1. The summed E-state index contributed by atoms with van der Waals surface area (Å²) >= 11 is 0. The lowest BCUT2D eigenvalue weighted by atomic mass is 9.88. The van der Waals surface area contributed by atoms with Crippen molar-refractivity contribution < 1.29 is 14.3 Å². The Bertz CT molecular complexity index is 285. The standard InChI is InChI=1S/C10H14O3/c1-7-8(13-9(11)12-4)5-6-10(7,2)3/h5-6H,1-4H3. The van der Waals surface area contributed by atoms with E-state index < -0.39 is 6.16 Å². The van der Waals surface area contributed by atoms with E-state index in [2.05, 4.69) is 18.6 Å². The lowest BCUT2D eigenvalue weighted by Gasteiger charge is -2.17. The van der Waals surface area contributed by atoms with Gasteiger partial charge < -0.3 is 9.47 Å². The molecule has 0 heterocycles. The Morgan fingerprint density at radius 1 is 1.46 bits per heavy atom. The largest absolute Gasteiger partial charge is 0.513 e. The van der Waals surface area contributed by atoms with Crippen LogP contribution >= 0.6 is 0 Å². The van der Waals surface area contributed by atoms with Crippen LogP contribution in [0.4, 0.5) is 4.79 Å². The van der Waals surface area contributed by atoms with E-state index in [1.165, 1.54) is 7.11 Å². The summed E-state index contributed by atoms with van der Waals surface area (Å²) in [6.07, 6.45) is 3.13. The molecule has 0 amide bonds. The molecule has 0 aliphatic heterocycles. The van der Waals surface area contributed by atoms with Crippen molar-refractivity contribution >= 4 is 6.16 Å². The number of carbonyl (C=O) groups is 1. The van der Waals surface area contributed by atoms with Crippen molar-refractivity contribution in [3.8, 4) is 0 Å². The topological polar surface area (TPSA) is 35.5 Å². The van der Waals surface area contributed by atoms with Gasteiger partial charge in [-0.2, -0.15) is 0 Å². The number of ether oxygens (including phenoxy) is 2. The molecule has 0 bridgehead atoms. The molecule has 3 nitrogen and oxygen atoms in total. The summed E-state index contributed by atoms with van der Waals surface area (Å²) in [4.78, 5) is 10.8. The second-order valence-electron chi connectivity index (χ2n) is 3.60. The Labute approximate surface area is 78.0 Å². The summed E-state index contributed by atoms with van der Waals surface area (Å²) in [5.74, 6) is 0.594. The fourth-order valence-electron chi connectivity index (χ4n) is 1.09. The smallest absolute Gasteiger partial charge is 0.437 e. The SMILES string of the molecule is COC(=O)OC1=C(C)C(C)(C)C=C1. The van der Waals surface area contributed by atoms with Crippen molar-refractivity contribution in [2.24, 2.45) is 5.41 Å². The molecule has 0 N–H and O–H groups in total. The fourth-order valence-corrected chi connectivity index (χ4v) is 1.09. The third kappa shape index (κ3) is 1.91. The zero-order valence-corrected chi connectivity index (χ0v) is 8.38. The maximum atomic E-state index is 10.8. The van der Waals surface area contributed by atoms with Crippen LogP contribution in [-0.4, -0.2) is 13.3 Å². The minimum absolute atomic E-state index is 0.0244. The Balaban J connectivity index is 2.78. The van der Waals surface area contributed by atoms with Crippen LogP contribution in [0, 0.1) is 5.41 Å². The Hall–Kier alpha value is -1.25. The van der Waals surface area contributed by atoms with Crippen LogP contribution < -0.4 is 0 Å². The highest BCUT2D eigenvalue weighted by atomic mass is 16.7. The lowest BCUT2D eigenvalue weighted by molar-refractivity contribution is 0.0991. The number of carbonyl (C=O) groups excluding carboxylic acids is 1. The maximum absolute atomic E-state index is 10.8. The molecule has 0 saturated carbocycles. The Morgan fingerprint density at radius 3 is 2.46 bits per heavy atom. The fraction of sp³-hybridized carbons (Fsp3) is 0.500. The molecule has 0 radical (unpaired) electrons. The average Bonchev–Trinajstić information content (AvgIpc) is 2.32. The van der Waals surface area contributed by atoms with E-state index in [0.29, 0.717) is 5.76 Å². The third-order valence-corrected chi connectivity index (χ3v) is 2.35. The summed E-state index contributed by atoms with van der Waals surface area (Å²) in [7, 11) is 1.29. The number of allylic oxidation sites excluding steroid dienone is 3. The van der Waals surface area contributed by atoms with Crippen molar-refractivity contribution in [1.82, 2.24) is 0 Å². The molecule has 0 aromatic rings. The first-order valence-corrected chi connectivity index (χ1v) is 4.14. The molecule has 0 aromatic heterocycles. The van der Waals surface area contributed by atoms with Gasteiger partial charge in [-0.3, -0.25) is 0 Å². The summed E-state index contributed by atoms with van der Waals surface area (Å²) in [5, 5.41) is 0. The zero-order chi connectivity index (χ0) is 10.1. The summed E-state index contributed by atoms with van der Waals surface area (Å²) < 4.78 is 9.34. The molecule has 72 valence electrons. The van der Waals surface area contributed by atoms with Gasteiger partial charge in [0.15, 0.2) is 0 Å². The van der Waals surface area contributed by atoms with E-state index in [1.54, 1.807) is 6.08 Å². The van der Waals surface area contributed by atoms with Crippen LogP contribution in [0.2, 0.25) is 0 Å². The molecular weight excluding hydrogens is 168 g/mol. The number of hydrogen-bond donors (Lipinski definition) is 0. The van der Waals surface area contributed by atoms with Gasteiger partial charge >= 0.3 is 6.16 Å². The van der Waals surface area contributed by atoms with Gasteiger partial charge in [-0.05, 0) is 18.6 Å². The highest BCUT2D eigenvalue weighted by Gasteiger charge is 2.26. The quantitative estimate of drug-likeness (QED) is 0.585. The lowest BCUT2D eigenvalue weighted by Crippen LogP contribution is -2.08. The van der Waals surface area contributed by atoms with Gasteiger partial charge in [-0.25, -0.2) is 4.79 Å². The first-order valence-electron chi connectivity index (χ1n) is 4.14. The average molecular weight is 182 g/mol. The van der Waals surface area contributed by atoms with E-state index in [1.807, 2.05) is 13.0 Å². The molecule has 0 aromatic carbocycles. The molecule has 3 heteroatoms. The van der Waals surface area contributed by atoms with Gasteiger partial charge in [0.1, 0.15) is 5.76 Å². The van der Waals surface area contributed by atoms with Crippen molar-refractivity contribution in [1.29, 1.82) is 0 Å². The van der Waals surface area contributed by atoms with Crippen LogP contribution in [0.25, 0.3) is 0 Å². The van der Waals surface area contributed by atoms with Gasteiger partial charge in [0.25, 0.3) is 0 Å². The summed E-state index contributed by atoms with van der Waals surface area (Å²) in [5.41, 5.74) is 1.02. The monoisotopic (exact) mass is 182 g/mol. The van der Waals surface area contributed by atoms with Crippen molar-refractivity contribution in [2.75, 3.05) is 7.11 Å². The first kappa shape index (κ1) is 9.84. The molecule has 1 aliphatic rings. The van der Waals surface area contributed by atoms with Gasteiger partial charge in [0, 0.05) is 5.41 Å². The van der Waals surface area contributed by atoms with E-state index in [-0.39, 0.29) is 5.41 Å². The molecule has 0 saturated heterocycles. The molecule has 0 spiro atoms. The molecule has 0 fully saturated rings. The van der Waals surface area contributed by atoms with E-state index in [0.717, 1.165) is 5.57 Å². The van der Waals surface area contributed by atoms with Crippen LogP contribution in [-0.2, 0) is 9.47 Å². The molecular formula is C10H14O3. The van der Waals surface area contributed by atoms with Crippen LogP contribution in [0.5, 0.6) is 0 Å². The second kappa shape index (κ2) is 3.24. The van der Waals surface area contributed by atoms with Crippen molar-refractivity contribution in [3.05, 3.63) is 23.5 Å². The van der Waals surface area contributed by atoms with E-state index >= 15 is 0 Å². The Morgan fingerprint density at radius 2 is 2.08 bits per heavy atom. The van der Waals surface area contributed by atoms with Crippen LogP contribution in [0.1, 0.15) is 20.8 Å². The van der Waals surface area contributed by atoms with Crippen LogP contribution in [0.15, 0.2) is 23.5 Å². The minimum atomic E-state index is -0.670. The molecule has 1 aliphatic carbocycles. The van der Waals surface area contributed by atoms with Gasteiger partial charge in [0.2, 0.25) is 0 Å². The third-order valence-electron chi connectivity index (χ3n) is 2.35. The predicted molar refractivity (Wildman–Crippen MR) is 49.1 cm³/mol. The van der Waals surface area contributed by atoms with Crippen molar-refractivity contribution in [3.63, 3.8) is 0 Å². The summed E-state index contributed by atoms with van der Waals surface area (Å²) in [6, 6.07) is 0. The Kier molecular flexibility index (Phi) is 2.45. The second-order valence-corrected chi connectivity index (χ2v) is 3.60. The van der Waals surface area contributed by atoms with Gasteiger partial charge in [-0.15, -0.1) is 0 Å². The molecule has 1 rings (SSSR count). The van der Waals surface area contributed by atoms with E-state index in [4.69, 9.17) is 4.74 Å². The maximum Gasteiger partial charge on any atom is 0.513 e. The van der Waals surface area contributed by atoms with Crippen molar-refractivity contribution in [2.45, 2.75) is 20.8 Å². The van der Waals surface area contributed by atoms with Gasteiger partial charge in [0.05, 0.1) is 7.11 Å². The zero-order valence-electron chi connectivity index (χ0n) is 8.38. The number of rotatable bonds is 1. The number of hydrogen-bond acceptors (Lipinski definition) is 3. The molecule has 13 heavy (non-hydrogen) atoms. The molecule has 0 atom stereocenters. The normalized spacial score (nSPS) is 19.1. The highest BCUT2D eigenvalue weighted by Crippen LogP contribution is 2.36. The highest BCUT2D eigenvalue weighted by molar-refractivity contribution is 5.62. The minimum Gasteiger partial charge on any atom is -0.437 e. The molecule has 0 unspecified atom stereocenters.